The van der Waals surface area contributed by atoms with Crippen molar-refractivity contribution in [2.75, 3.05) is 11.9 Å². The van der Waals surface area contributed by atoms with Crippen LogP contribution in [0.25, 0.3) is 0 Å². The fourth-order valence-corrected chi connectivity index (χ4v) is 2.07. The molecule has 0 saturated carbocycles. The molecule has 6 heteroatoms. The van der Waals surface area contributed by atoms with Crippen molar-refractivity contribution < 1.29 is 13.2 Å². The van der Waals surface area contributed by atoms with Crippen LogP contribution in [0.1, 0.15) is 26.3 Å². The molecule has 0 unspecified atom stereocenters. The van der Waals surface area contributed by atoms with Gasteiger partial charge in [-0.3, -0.25) is 0 Å². The van der Waals surface area contributed by atoms with E-state index in [0.29, 0.717) is 11.6 Å². The molecule has 0 radical (unpaired) electrons. The molecular formula is C11H15F3N2S. The van der Waals surface area contributed by atoms with Crippen molar-refractivity contribution in [1.29, 1.82) is 0 Å². The van der Waals surface area contributed by atoms with Crippen molar-refractivity contribution in [2.24, 2.45) is 0 Å². The number of pyridine rings is 1. The highest BCUT2D eigenvalue weighted by molar-refractivity contribution is 7.99. The fourth-order valence-electron chi connectivity index (χ4n) is 1.24. The summed E-state index contributed by atoms with van der Waals surface area (Å²) in [7, 11) is 0. The van der Waals surface area contributed by atoms with Crippen LogP contribution in [0.5, 0.6) is 0 Å². The van der Waals surface area contributed by atoms with Gasteiger partial charge >= 0.3 is 6.18 Å². The van der Waals surface area contributed by atoms with Crippen molar-refractivity contribution in [3.8, 4) is 0 Å². The average Bonchev–Trinajstić information content (AvgIpc) is 2.15. The fraction of sp³-hybridized carbons (Fsp3) is 0.545. The van der Waals surface area contributed by atoms with Crippen molar-refractivity contribution in [3.63, 3.8) is 0 Å². The predicted octanol–water partition coefficient (Wildman–Crippen LogP) is 4.03. The topological polar surface area (TPSA) is 24.9 Å². The van der Waals surface area contributed by atoms with E-state index >= 15 is 0 Å². The van der Waals surface area contributed by atoms with Crippen LogP contribution in [0, 0.1) is 0 Å². The molecule has 1 aromatic rings. The molecule has 0 saturated heterocycles. The molecule has 0 atom stereocenters. The molecule has 96 valence electrons. The lowest BCUT2D eigenvalue weighted by atomic mass is 10.2. The molecule has 1 heterocycles. The van der Waals surface area contributed by atoms with E-state index in [1.54, 1.807) is 0 Å². The second-order valence-electron chi connectivity index (χ2n) is 3.77. The van der Waals surface area contributed by atoms with Crippen LogP contribution in [0.15, 0.2) is 17.2 Å². The second kappa shape index (κ2) is 5.62. The first kappa shape index (κ1) is 14.2. The van der Waals surface area contributed by atoms with Crippen LogP contribution >= 0.6 is 11.8 Å². The molecule has 0 amide bonds. The highest BCUT2D eigenvalue weighted by Gasteiger charge is 2.31. The molecule has 1 N–H and O–H groups in total. The van der Waals surface area contributed by atoms with Gasteiger partial charge < -0.3 is 5.32 Å². The number of aromatic nitrogens is 1. The number of hydrogen-bond donors (Lipinski definition) is 1. The monoisotopic (exact) mass is 264 g/mol. The van der Waals surface area contributed by atoms with Gasteiger partial charge in [-0.15, -0.1) is 11.8 Å². The Kier molecular flexibility index (Phi) is 4.68. The third-order valence-corrected chi connectivity index (χ3v) is 2.77. The van der Waals surface area contributed by atoms with Gasteiger partial charge in [-0.05, 0) is 19.1 Å². The quantitative estimate of drug-likeness (QED) is 0.831. The first-order valence-electron chi connectivity index (χ1n) is 5.32. The summed E-state index contributed by atoms with van der Waals surface area (Å²) in [5, 5.41) is 3.40. The first-order valence-corrected chi connectivity index (χ1v) is 6.20. The molecule has 17 heavy (non-hydrogen) atoms. The zero-order chi connectivity index (χ0) is 13.1. The molecule has 0 bridgehead atoms. The molecule has 0 fully saturated rings. The van der Waals surface area contributed by atoms with Gasteiger partial charge in [-0.25, -0.2) is 4.98 Å². The maximum absolute atomic E-state index is 12.7. The third kappa shape index (κ3) is 4.46. The lowest BCUT2D eigenvalue weighted by Crippen LogP contribution is -2.09. The first-order chi connectivity index (χ1) is 7.82. The normalized spacial score (nSPS) is 11.9. The van der Waals surface area contributed by atoms with Gasteiger partial charge in [0, 0.05) is 11.8 Å². The number of anilines is 1. The minimum Gasteiger partial charge on any atom is -0.370 e. The second-order valence-corrected chi connectivity index (χ2v) is 5.37. The zero-order valence-electron chi connectivity index (χ0n) is 9.93. The SMILES string of the molecule is CCNc1cc(C(F)(F)F)cc(SC(C)C)n1. The number of halogens is 3. The van der Waals surface area contributed by atoms with Crippen molar-refractivity contribution in [3.05, 3.63) is 17.7 Å². The van der Waals surface area contributed by atoms with Crippen molar-refractivity contribution >= 4 is 17.6 Å². The summed E-state index contributed by atoms with van der Waals surface area (Å²) in [4.78, 5) is 4.13. The highest BCUT2D eigenvalue weighted by Crippen LogP contribution is 2.33. The van der Waals surface area contributed by atoms with Crippen LogP contribution in [-0.2, 0) is 6.18 Å². The number of nitrogens with one attached hydrogen (secondary N) is 1. The number of nitrogens with zero attached hydrogens (tertiary/aromatic N) is 1. The van der Waals surface area contributed by atoms with E-state index in [1.807, 2.05) is 20.8 Å². The van der Waals surface area contributed by atoms with Gasteiger partial charge in [-0.2, -0.15) is 13.2 Å². The Hall–Kier alpha value is -0.910. The summed E-state index contributed by atoms with van der Waals surface area (Å²) in [6.45, 7) is 6.19. The van der Waals surface area contributed by atoms with E-state index in [4.69, 9.17) is 0 Å². The summed E-state index contributed by atoms with van der Waals surface area (Å²) < 4.78 is 38.0. The Morgan fingerprint density at radius 3 is 2.47 bits per heavy atom. The van der Waals surface area contributed by atoms with Crippen LogP contribution < -0.4 is 5.32 Å². The van der Waals surface area contributed by atoms with Crippen LogP contribution in [0.4, 0.5) is 19.0 Å². The Balaban J connectivity index is 3.09. The minimum absolute atomic E-state index is 0.195. The van der Waals surface area contributed by atoms with E-state index < -0.39 is 11.7 Å². The van der Waals surface area contributed by atoms with E-state index in [0.717, 1.165) is 12.1 Å². The van der Waals surface area contributed by atoms with E-state index in [1.165, 1.54) is 11.8 Å². The molecule has 2 nitrogen and oxygen atoms in total. The van der Waals surface area contributed by atoms with Crippen LogP contribution in [0.3, 0.4) is 0 Å². The lowest BCUT2D eigenvalue weighted by molar-refractivity contribution is -0.137. The van der Waals surface area contributed by atoms with Gasteiger partial charge in [-0.1, -0.05) is 13.8 Å². The summed E-state index contributed by atoms with van der Waals surface area (Å²) >= 11 is 1.32. The molecular weight excluding hydrogens is 249 g/mol. The lowest BCUT2D eigenvalue weighted by Gasteiger charge is -2.12. The molecule has 0 aliphatic carbocycles. The molecule has 0 aliphatic rings. The largest absolute Gasteiger partial charge is 0.416 e. The van der Waals surface area contributed by atoms with Crippen molar-refractivity contribution in [1.82, 2.24) is 4.98 Å². The minimum atomic E-state index is -4.33. The Morgan fingerprint density at radius 2 is 2.00 bits per heavy atom. The summed E-state index contributed by atoms with van der Waals surface area (Å²) in [6, 6.07) is 2.12. The molecule has 0 aromatic carbocycles. The number of hydrogen-bond acceptors (Lipinski definition) is 3. The summed E-state index contributed by atoms with van der Waals surface area (Å²) in [6.07, 6.45) is -4.33. The smallest absolute Gasteiger partial charge is 0.370 e. The zero-order valence-corrected chi connectivity index (χ0v) is 10.7. The maximum Gasteiger partial charge on any atom is 0.416 e. The standard InChI is InChI=1S/C11H15F3N2S/c1-4-15-9-5-8(11(12,13)14)6-10(16-9)17-7(2)3/h5-7H,4H2,1-3H3,(H,15,16). The number of rotatable bonds is 4. The molecule has 1 rings (SSSR count). The van der Waals surface area contributed by atoms with Gasteiger partial charge in [0.2, 0.25) is 0 Å². The third-order valence-electron chi connectivity index (χ3n) is 1.84. The Morgan fingerprint density at radius 1 is 1.35 bits per heavy atom. The van der Waals surface area contributed by atoms with E-state index in [2.05, 4.69) is 10.3 Å². The average molecular weight is 264 g/mol. The molecule has 0 aliphatic heterocycles. The highest BCUT2D eigenvalue weighted by atomic mass is 32.2. The number of thioether (sulfide) groups is 1. The van der Waals surface area contributed by atoms with Crippen molar-refractivity contribution in [2.45, 2.75) is 37.2 Å². The van der Waals surface area contributed by atoms with Gasteiger partial charge in [0.1, 0.15) is 5.82 Å². The predicted molar refractivity (Wildman–Crippen MR) is 64.4 cm³/mol. The summed E-state index contributed by atoms with van der Waals surface area (Å²) in [5.41, 5.74) is -0.661. The molecule has 1 aromatic heterocycles. The van der Waals surface area contributed by atoms with Crippen LogP contribution in [-0.4, -0.2) is 16.8 Å². The number of alkyl halides is 3. The van der Waals surface area contributed by atoms with Gasteiger partial charge in [0.05, 0.1) is 10.6 Å². The molecule has 0 spiro atoms. The maximum atomic E-state index is 12.7. The Labute approximate surface area is 103 Å². The Bertz CT molecular complexity index is 377. The van der Waals surface area contributed by atoms with E-state index in [9.17, 15) is 13.2 Å². The van der Waals surface area contributed by atoms with Gasteiger partial charge in [0.25, 0.3) is 0 Å². The van der Waals surface area contributed by atoms with Crippen LogP contribution in [0.2, 0.25) is 0 Å². The van der Waals surface area contributed by atoms with E-state index in [-0.39, 0.29) is 11.1 Å². The summed E-state index contributed by atoms with van der Waals surface area (Å²) in [5.74, 6) is 0.269. The van der Waals surface area contributed by atoms with Gasteiger partial charge in [0.15, 0.2) is 0 Å².